The van der Waals surface area contributed by atoms with E-state index in [-0.39, 0.29) is 11.6 Å². The van der Waals surface area contributed by atoms with Gasteiger partial charge in [0.25, 0.3) is 0 Å². The van der Waals surface area contributed by atoms with Crippen molar-refractivity contribution in [3.8, 4) is 5.75 Å². The molecule has 20 heavy (non-hydrogen) atoms. The van der Waals surface area contributed by atoms with Gasteiger partial charge in [-0.3, -0.25) is 4.79 Å². The van der Waals surface area contributed by atoms with Gasteiger partial charge in [-0.2, -0.15) is 0 Å². The zero-order valence-electron chi connectivity index (χ0n) is 12.1. The van der Waals surface area contributed by atoms with E-state index in [1.165, 1.54) is 5.56 Å². The van der Waals surface area contributed by atoms with Gasteiger partial charge in [-0.15, -0.1) is 0 Å². The van der Waals surface area contributed by atoms with E-state index in [0.717, 1.165) is 17.9 Å². The zero-order valence-corrected chi connectivity index (χ0v) is 12.1. The van der Waals surface area contributed by atoms with Crippen LogP contribution in [0.1, 0.15) is 12.5 Å². The van der Waals surface area contributed by atoms with Crippen LogP contribution in [0.15, 0.2) is 47.4 Å². The summed E-state index contributed by atoms with van der Waals surface area (Å²) in [7, 11) is 3.43. The maximum absolute atomic E-state index is 11.4. The maximum Gasteiger partial charge on any atom is 0.250 e. The zero-order chi connectivity index (χ0) is 14.5. The summed E-state index contributed by atoms with van der Waals surface area (Å²) in [5.41, 5.74) is 2.10. The monoisotopic (exact) mass is 272 g/mol. The first kappa shape index (κ1) is 14.2. The molecule has 0 amide bonds. The summed E-state index contributed by atoms with van der Waals surface area (Å²) >= 11 is 0. The molecule has 1 N–H and O–H groups in total. The number of pyridine rings is 1. The fraction of sp³-hybridized carbons (Fsp3) is 0.312. The highest BCUT2D eigenvalue weighted by molar-refractivity contribution is 5.42. The number of anilines is 1. The summed E-state index contributed by atoms with van der Waals surface area (Å²) in [4.78, 5) is 11.4. The van der Waals surface area contributed by atoms with Gasteiger partial charge in [0.2, 0.25) is 5.56 Å². The highest BCUT2D eigenvalue weighted by Crippen LogP contribution is 2.20. The number of rotatable bonds is 5. The summed E-state index contributed by atoms with van der Waals surface area (Å²) in [6, 6.07) is 11.6. The Morgan fingerprint density at radius 2 is 2.00 bits per heavy atom. The van der Waals surface area contributed by atoms with Gasteiger partial charge in [-0.25, -0.2) is 0 Å². The smallest absolute Gasteiger partial charge is 0.250 e. The van der Waals surface area contributed by atoms with Crippen molar-refractivity contribution in [3.63, 3.8) is 0 Å². The maximum atomic E-state index is 11.4. The Bertz CT molecular complexity index is 634. The van der Waals surface area contributed by atoms with Crippen molar-refractivity contribution < 1.29 is 4.74 Å². The molecule has 4 heteroatoms. The van der Waals surface area contributed by atoms with E-state index in [4.69, 9.17) is 4.74 Å². The number of para-hydroxylation sites is 1. The Morgan fingerprint density at radius 3 is 2.70 bits per heavy atom. The van der Waals surface area contributed by atoms with E-state index in [0.29, 0.717) is 0 Å². The summed E-state index contributed by atoms with van der Waals surface area (Å²) in [6.45, 7) is 2.11. The van der Waals surface area contributed by atoms with Gasteiger partial charge in [-0.1, -0.05) is 18.2 Å². The molecule has 2 rings (SSSR count). The fourth-order valence-corrected chi connectivity index (χ4v) is 2.22. The molecule has 106 valence electrons. The minimum Gasteiger partial charge on any atom is -0.496 e. The van der Waals surface area contributed by atoms with Crippen molar-refractivity contribution >= 4 is 5.69 Å². The Hall–Kier alpha value is -2.23. The molecule has 0 spiro atoms. The lowest BCUT2D eigenvalue weighted by molar-refractivity contribution is 0.409. The lowest BCUT2D eigenvalue weighted by Gasteiger charge is -2.17. The molecule has 1 heterocycles. The van der Waals surface area contributed by atoms with E-state index >= 15 is 0 Å². The second kappa shape index (κ2) is 6.28. The third-order valence-electron chi connectivity index (χ3n) is 3.22. The van der Waals surface area contributed by atoms with Gasteiger partial charge in [0, 0.05) is 25.4 Å². The molecule has 0 saturated heterocycles. The first-order chi connectivity index (χ1) is 9.60. The summed E-state index contributed by atoms with van der Waals surface area (Å²) in [6.07, 6.45) is 2.66. The summed E-state index contributed by atoms with van der Waals surface area (Å²) in [5.74, 6) is 0.904. The molecule has 1 atom stereocenters. The van der Waals surface area contributed by atoms with Crippen molar-refractivity contribution in [1.29, 1.82) is 0 Å². The molecule has 0 bridgehead atoms. The Balaban J connectivity index is 2.06. The molecule has 0 saturated carbocycles. The predicted molar refractivity (Wildman–Crippen MR) is 81.5 cm³/mol. The summed E-state index contributed by atoms with van der Waals surface area (Å²) in [5, 5.41) is 3.39. The van der Waals surface area contributed by atoms with Gasteiger partial charge in [0.05, 0.1) is 12.8 Å². The lowest BCUT2D eigenvalue weighted by atomic mass is 10.1. The van der Waals surface area contributed by atoms with E-state index in [2.05, 4.69) is 18.3 Å². The average Bonchev–Trinajstić information content (AvgIpc) is 2.43. The Morgan fingerprint density at radius 1 is 1.25 bits per heavy atom. The molecule has 1 aromatic heterocycles. The number of methoxy groups -OCH3 is 1. The number of nitrogens with one attached hydrogen (secondary N) is 1. The van der Waals surface area contributed by atoms with Crippen molar-refractivity contribution in [2.45, 2.75) is 19.4 Å². The first-order valence-electron chi connectivity index (χ1n) is 6.65. The molecule has 0 aliphatic carbocycles. The standard InChI is InChI=1S/C16H20N2O2/c1-12(10-13-6-4-5-7-15(13)20-3)17-14-8-9-16(19)18(2)11-14/h4-9,11-12,17H,10H2,1-3H3. The van der Waals surface area contributed by atoms with Crippen LogP contribution in [0.25, 0.3) is 0 Å². The van der Waals surface area contributed by atoms with Crippen molar-refractivity contribution in [1.82, 2.24) is 4.57 Å². The van der Waals surface area contributed by atoms with E-state index in [1.54, 1.807) is 37.1 Å². The molecular formula is C16H20N2O2. The van der Waals surface area contributed by atoms with Crippen LogP contribution >= 0.6 is 0 Å². The van der Waals surface area contributed by atoms with Crippen molar-refractivity contribution in [2.75, 3.05) is 12.4 Å². The number of ether oxygens (including phenoxy) is 1. The molecule has 2 aromatic rings. The van der Waals surface area contributed by atoms with Gasteiger partial charge in [0.15, 0.2) is 0 Å². The summed E-state index contributed by atoms with van der Waals surface area (Å²) < 4.78 is 6.93. The second-order valence-electron chi connectivity index (χ2n) is 4.93. The third kappa shape index (κ3) is 3.41. The lowest BCUT2D eigenvalue weighted by Crippen LogP contribution is -2.21. The molecule has 0 aliphatic heterocycles. The fourth-order valence-electron chi connectivity index (χ4n) is 2.22. The number of hydrogen-bond donors (Lipinski definition) is 1. The largest absolute Gasteiger partial charge is 0.496 e. The van der Waals surface area contributed by atoms with Crippen LogP contribution in [-0.4, -0.2) is 17.7 Å². The quantitative estimate of drug-likeness (QED) is 0.909. The van der Waals surface area contributed by atoms with Crippen LogP contribution in [0.2, 0.25) is 0 Å². The Labute approximate surface area is 119 Å². The van der Waals surface area contributed by atoms with E-state index in [1.807, 2.05) is 18.2 Å². The average molecular weight is 272 g/mol. The number of aromatic nitrogens is 1. The molecule has 0 fully saturated rings. The second-order valence-corrected chi connectivity index (χ2v) is 4.93. The first-order valence-corrected chi connectivity index (χ1v) is 6.65. The van der Waals surface area contributed by atoms with Gasteiger partial charge in [0.1, 0.15) is 5.75 Å². The number of nitrogens with zero attached hydrogens (tertiary/aromatic N) is 1. The van der Waals surface area contributed by atoms with Crippen LogP contribution in [0.5, 0.6) is 5.75 Å². The van der Waals surface area contributed by atoms with Gasteiger partial charge < -0.3 is 14.6 Å². The Kier molecular flexibility index (Phi) is 4.45. The minimum atomic E-state index is -0.00654. The minimum absolute atomic E-state index is 0.00654. The van der Waals surface area contributed by atoms with E-state index < -0.39 is 0 Å². The molecular weight excluding hydrogens is 252 g/mol. The molecule has 1 unspecified atom stereocenters. The van der Waals surface area contributed by atoms with Crippen LogP contribution in [0.3, 0.4) is 0 Å². The van der Waals surface area contributed by atoms with Crippen LogP contribution in [0, 0.1) is 0 Å². The topological polar surface area (TPSA) is 43.3 Å². The van der Waals surface area contributed by atoms with Crippen molar-refractivity contribution in [3.05, 3.63) is 58.5 Å². The normalized spacial score (nSPS) is 11.9. The van der Waals surface area contributed by atoms with Crippen molar-refractivity contribution in [2.24, 2.45) is 7.05 Å². The van der Waals surface area contributed by atoms with Gasteiger partial charge >= 0.3 is 0 Å². The number of benzene rings is 1. The van der Waals surface area contributed by atoms with Gasteiger partial charge in [-0.05, 0) is 31.0 Å². The highest BCUT2D eigenvalue weighted by Gasteiger charge is 2.08. The molecule has 4 nitrogen and oxygen atoms in total. The molecule has 0 radical (unpaired) electrons. The predicted octanol–water partition coefficient (Wildman–Crippen LogP) is 2.44. The number of hydrogen-bond acceptors (Lipinski definition) is 3. The number of aryl methyl sites for hydroxylation is 1. The van der Waals surface area contributed by atoms with Crippen LogP contribution in [-0.2, 0) is 13.5 Å². The molecule has 0 aliphatic rings. The van der Waals surface area contributed by atoms with Crippen LogP contribution < -0.4 is 15.6 Å². The highest BCUT2D eigenvalue weighted by atomic mass is 16.5. The van der Waals surface area contributed by atoms with Crippen LogP contribution in [0.4, 0.5) is 5.69 Å². The molecule has 1 aromatic carbocycles. The van der Waals surface area contributed by atoms with E-state index in [9.17, 15) is 4.79 Å². The SMILES string of the molecule is COc1ccccc1CC(C)Nc1ccc(=O)n(C)c1. The third-order valence-corrected chi connectivity index (χ3v) is 3.22.